The van der Waals surface area contributed by atoms with Gasteiger partial charge < -0.3 is 4.90 Å². The first-order valence-corrected chi connectivity index (χ1v) is 15.2. The fraction of sp³-hybridized carbons (Fsp3) is 0.146. The molecule has 0 saturated heterocycles. The van der Waals surface area contributed by atoms with Crippen LogP contribution in [-0.4, -0.2) is 18.4 Å². The number of hydrogen-bond donors (Lipinski definition) is 0. The van der Waals surface area contributed by atoms with Crippen LogP contribution in [0, 0.1) is 5.92 Å². The lowest BCUT2D eigenvalue weighted by Crippen LogP contribution is -2.63. The van der Waals surface area contributed by atoms with Crippen LogP contribution in [0.2, 0.25) is 0 Å². The van der Waals surface area contributed by atoms with Crippen LogP contribution >= 0.6 is 0 Å². The molecule has 0 fully saturated rings. The first kappa shape index (κ1) is 25.7. The largest absolute Gasteiger partial charge is 0.363 e. The van der Waals surface area contributed by atoms with Crippen molar-refractivity contribution in [1.82, 2.24) is 0 Å². The van der Waals surface area contributed by atoms with Gasteiger partial charge in [-0.3, -0.25) is 4.79 Å². The average Bonchev–Trinajstić information content (AvgIpc) is 3.56. The molecule has 5 aromatic carbocycles. The lowest BCUT2D eigenvalue weighted by Gasteiger charge is -2.53. The predicted molar refractivity (Wildman–Crippen MR) is 176 cm³/mol. The number of rotatable bonds is 4. The second kappa shape index (κ2) is 9.81. The van der Waals surface area contributed by atoms with E-state index in [0.717, 1.165) is 40.7 Å². The standard InChI is InChI=1S/C41H33NO/c1-42-37-24-14-13-23-36(37)40(26-32-21-11-12-22-33(32)27-40)41(42)28-34(29-15-5-2-6-16-29)25-35(30-17-7-3-8-18-30)38(41)39(43)31-19-9-4-10-20-31/h2-25,28,38H,26-27H2,1H3/t38-,41-/m0/s1. The van der Waals surface area contributed by atoms with Crippen molar-refractivity contribution < 1.29 is 4.79 Å². The minimum absolute atomic E-state index is 0.161. The highest BCUT2D eigenvalue weighted by atomic mass is 16.1. The van der Waals surface area contributed by atoms with E-state index in [2.05, 4.69) is 133 Å². The van der Waals surface area contributed by atoms with Gasteiger partial charge in [0.2, 0.25) is 0 Å². The summed E-state index contributed by atoms with van der Waals surface area (Å²) in [6.07, 6.45) is 6.51. The Morgan fingerprint density at radius 3 is 1.84 bits per heavy atom. The molecular weight excluding hydrogens is 522 g/mol. The summed E-state index contributed by atoms with van der Waals surface area (Å²) in [7, 11) is 2.22. The third-order valence-corrected chi connectivity index (χ3v) is 10.2. The summed E-state index contributed by atoms with van der Waals surface area (Å²) in [6, 6.07) is 48.9. The fourth-order valence-corrected chi connectivity index (χ4v) is 8.34. The zero-order chi connectivity index (χ0) is 29.0. The van der Waals surface area contributed by atoms with Crippen molar-refractivity contribution in [3.05, 3.63) is 185 Å². The van der Waals surface area contributed by atoms with Crippen molar-refractivity contribution in [2.75, 3.05) is 11.9 Å². The molecule has 1 aliphatic heterocycles. The number of benzene rings is 5. The number of carbonyl (C=O) groups is 1. The molecule has 0 amide bonds. The van der Waals surface area contributed by atoms with E-state index in [0.29, 0.717) is 0 Å². The Morgan fingerprint density at radius 1 is 0.651 bits per heavy atom. The van der Waals surface area contributed by atoms with E-state index in [-0.39, 0.29) is 11.2 Å². The van der Waals surface area contributed by atoms with Crippen molar-refractivity contribution >= 4 is 22.6 Å². The highest BCUT2D eigenvalue weighted by Gasteiger charge is 2.67. The van der Waals surface area contributed by atoms with Crippen LogP contribution in [-0.2, 0) is 18.3 Å². The first-order valence-electron chi connectivity index (χ1n) is 15.2. The number of para-hydroxylation sites is 1. The Labute approximate surface area is 253 Å². The van der Waals surface area contributed by atoms with Gasteiger partial charge in [0.25, 0.3) is 0 Å². The molecular formula is C41H33NO. The topological polar surface area (TPSA) is 20.3 Å². The van der Waals surface area contributed by atoms with E-state index in [4.69, 9.17) is 0 Å². The summed E-state index contributed by atoms with van der Waals surface area (Å²) >= 11 is 0. The molecule has 43 heavy (non-hydrogen) atoms. The number of Topliss-reactive ketones (excluding diaryl/α,β-unsaturated/α-hetero) is 1. The maximum atomic E-state index is 15.2. The van der Waals surface area contributed by atoms with Crippen molar-refractivity contribution in [1.29, 1.82) is 0 Å². The summed E-state index contributed by atoms with van der Waals surface area (Å²) in [4.78, 5) is 17.7. The molecule has 2 atom stereocenters. The van der Waals surface area contributed by atoms with E-state index < -0.39 is 11.5 Å². The van der Waals surface area contributed by atoms with Gasteiger partial charge in [-0.1, -0.05) is 133 Å². The Hall–Kier alpha value is -4.95. The molecule has 2 nitrogen and oxygen atoms in total. The highest BCUT2D eigenvalue weighted by molar-refractivity contribution is 6.10. The van der Waals surface area contributed by atoms with E-state index in [1.165, 1.54) is 22.4 Å². The second-order valence-corrected chi connectivity index (χ2v) is 12.2. The molecule has 0 unspecified atom stereocenters. The molecule has 2 spiro atoms. The third-order valence-electron chi connectivity index (χ3n) is 10.2. The molecule has 0 saturated carbocycles. The molecule has 0 N–H and O–H groups in total. The quantitative estimate of drug-likeness (QED) is 0.207. The fourth-order valence-electron chi connectivity index (χ4n) is 8.34. The van der Waals surface area contributed by atoms with Gasteiger partial charge in [0.05, 0.1) is 11.5 Å². The van der Waals surface area contributed by atoms with Gasteiger partial charge in [-0.25, -0.2) is 0 Å². The normalized spacial score (nSPS) is 21.3. The van der Waals surface area contributed by atoms with E-state index in [1.807, 2.05) is 30.3 Å². The Morgan fingerprint density at radius 2 is 1.19 bits per heavy atom. The van der Waals surface area contributed by atoms with E-state index in [9.17, 15) is 0 Å². The summed E-state index contributed by atoms with van der Waals surface area (Å²) in [6.45, 7) is 0. The lowest BCUT2D eigenvalue weighted by molar-refractivity contribution is 0.0875. The van der Waals surface area contributed by atoms with Gasteiger partial charge in [-0.2, -0.15) is 0 Å². The van der Waals surface area contributed by atoms with Crippen LogP contribution < -0.4 is 4.90 Å². The first-order chi connectivity index (χ1) is 21.1. The van der Waals surface area contributed by atoms with Crippen LogP contribution in [0.25, 0.3) is 11.1 Å². The summed E-state index contributed by atoms with van der Waals surface area (Å²) in [5.74, 6) is -0.273. The SMILES string of the molecule is CN1c2ccccc2C2(Cc3ccccc3C2)[C@@]12C=C(c1ccccc1)C=C(c1ccccc1)[C@H]2C(=O)c1ccccc1. The van der Waals surface area contributed by atoms with Gasteiger partial charge in [-0.15, -0.1) is 0 Å². The van der Waals surface area contributed by atoms with E-state index in [1.54, 1.807) is 0 Å². The molecule has 2 aliphatic carbocycles. The van der Waals surface area contributed by atoms with Crippen molar-refractivity contribution in [3.8, 4) is 0 Å². The molecule has 8 rings (SSSR count). The van der Waals surface area contributed by atoms with Gasteiger partial charge in [0.1, 0.15) is 0 Å². The van der Waals surface area contributed by atoms with E-state index >= 15 is 4.79 Å². The van der Waals surface area contributed by atoms with Gasteiger partial charge in [0, 0.05) is 23.7 Å². The predicted octanol–water partition coefficient (Wildman–Crippen LogP) is 8.59. The number of ketones is 1. The Bertz CT molecular complexity index is 1880. The molecule has 2 heteroatoms. The number of carbonyl (C=O) groups excluding carboxylic acids is 1. The molecule has 0 radical (unpaired) electrons. The minimum Gasteiger partial charge on any atom is -0.363 e. The number of fused-ring (bicyclic) bond motifs is 4. The number of allylic oxidation sites excluding steroid dienone is 2. The monoisotopic (exact) mass is 555 g/mol. The van der Waals surface area contributed by atoms with Gasteiger partial charge >= 0.3 is 0 Å². The van der Waals surface area contributed by atoms with Crippen molar-refractivity contribution in [3.63, 3.8) is 0 Å². The van der Waals surface area contributed by atoms with Crippen LogP contribution in [0.3, 0.4) is 0 Å². The Balaban J connectivity index is 1.48. The Kier molecular flexibility index (Phi) is 5.87. The summed E-state index contributed by atoms with van der Waals surface area (Å²) in [5, 5.41) is 0. The highest BCUT2D eigenvalue weighted by Crippen LogP contribution is 2.64. The average molecular weight is 556 g/mol. The number of nitrogens with zero attached hydrogens (tertiary/aromatic N) is 1. The zero-order valence-corrected chi connectivity index (χ0v) is 24.3. The zero-order valence-electron chi connectivity index (χ0n) is 24.3. The van der Waals surface area contributed by atoms with Crippen LogP contribution in [0.15, 0.2) is 152 Å². The number of hydrogen-bond acceptors (Lipinski definition) is 2. The van der Waals surface area contributed by atoms with Crippen LogP contribution in [0.4, 0.5) is 5.69 Å². The minimum atomic E-state index is -0.659. The maximum absolute atomic E-state index is 15.2. The lowest BCUT2D eigenvalue weighted by atomic mass is 9.54. The smallest absolute Gasteiger partial charge is 0.173 e. The summed E-state index contributed by atoms with van der Waals surface area (Å²) < 4.78 is 0. The summed E-state index contributed by atoms with van der Waals surface area (Å²) in [5.41, 5.74) is 9.53. The van der Waals surface area contributed by atoms with Gasteiger partial charge in [-0.05, 0) is 70.0 Å². The molecule has 3 aliphatic rings. The molecule has 1 heterocycles. The van der Waals surface area contributed by atoms with Gasteiger partial charge in [0.15, 0.2) is 5.78 Å². The molecule has 208 valence electrons. The maximum Gasteiger partial charge on any atom is 0.173 e. The number of likely N-dealkylation sites (N-methyl/N-ethyl adjacent to an activating group) is 1. The number of anilines is 1. The van der Waals surface area contributed by atoms with Crippen LogP contribution in [0.5, 0.6) is 0 Å². The van der Waals surface area contributed by atoms with Crippen LogP contribution in [0.1, 0.15) is 38.2 Å². The molecule has 5 aromatic rings. The van der Waals surface area contributed by atoms with Crippen molar-refractivity contribution in [2.24, 2.45) is 5.92 Å². The second-order valence-electron chi connectivity index (χ2n) is 12.2. The third kappa shape index (κ3) is 3.69. The molecule has 0 bridgehead atoms. The van der Waals surface area contributed by atoms with Crippen molar-refractivity contribution in [2.45, 2.75) is 23.8 Å². The molecule has 0 aromatic heterocycles.